The molecule has 1 amide bonds. The average Bonchev–Trinajstić information content (AvgIpc) is 2.85. The summed E-state index contributed by atoms with van der Waals surface area (Å²) in [5.74, 6) is -1.37. The van der Waals surface area contributed by atoms with E-state index in [-0.39, 0.29) is 13.0 Å². The molecular formula is C26H26N2O6. The van der Waals surface area contributed by atoms with Gasteiger partial charge in [-0.25, -0.2) is 0 Å². The number of amides is 1. The van der Waals surface area contributed by atoms with E-state index in [0.717, 1.165) is 11.1 Å². The van der Waals surface area contributed by atoms with Gasteiger partial charge in [-0.1, -0.05) is 59.8 Å². The number of nitrogens with zero attached hydrogens (tertiary/aromatic N) is 1. The standard InChI is InChI=1S/C26H26N2O6/c1-32-28-24(20-5-3-2-4-6-20)17-34-21-11-7-18(8-12-21)16-33-22-13-9-19(10-14-22)23(26(27)31)15-25(29)30/h2-14,23H,15-17H2,1H3,(H2,27,31)(H,29,30). The second-order valence-corrected chi connectivity index (χ2v) is 7.43. The fourth-order valence-electron chi connectivity index (χ4n) is 3.26. The van der Waals surface area contributed by atoms with Crippen molar-refractivity contribution in [2.45, 2.75) is 18.9 Å². The summed E-state index contributed by atoms with van der Waals surface area (Å²) in [6.45, 7) is 0.586. The number of oxime groups is 1. The highest BCUT2D eigenvalue weighted by atomic mass is 16.6. The largest absolute Gasteiger partial charge is 0.489 e. The van der Waals surface area contributed by atoms with Crippen molar-refractivity contribution in [3.8, 4) is 11.5 Å². The molecule has 8 nitrogen and oxygen atoms in total. The third-order valence-corrected chi connectivity index (χ3v) is 5.02. The van der Waals surface area contributed by atoms with Crippen molar-refractivity contribution in [3.05, 3.63) is 95.6 Å². The molecule has 0 saturated heterocycles. The molecule has 3 N–H and O–H groups in total. The first-order valence-electron chi connectivity index (χ1n) is 10.6. The van der Waals surface area contributed by atoms with Crippen molar-refractivity contribution in [2.24, 2.45) is 10.9 Å². The van der Waals surface area contributed by atoms with Crippen LogP contribution in [0, 0.1) is 0 Å². The van der Waals surface area contributed by atoms with E-state index >= 15 is 0 Å². The van der Waals surface area contributed by atoms with Crippen LogP contribution in [0.3, 0.4) is 0 Å². The molecule has 1 atom stereocenters. The summed E-state index contributed by atoms with van der Waals surface area (Å²) in [5, 5.41) is 13.0. The number of aliphatic carboxylic acids is 1. The fraction of sp³-hybridized carbons (Fsp3) is 0.192. The van der Waals surface area contributed by atoms with Gasteiger partial charge in [0.15, 0.2) is 0 Å². The van der Waals surface area contributed by atoms with Crippen molar-refractivity contribution >= 4 is 17.6 Å². The van der Waals surface area contributed by atoms with Crippen LogP contribution in [-0.2, 0) is 21.0 Å². The molecule has 1 unspecified atom stereocenters. The predicted octanol–water partition coefficient (Wildman–Crippen LogP) is 3.74. The molecular weight excluding hydrogens is 436 g/mol. The number of primary amides is 1. The Morgan fingerprint density at radius 3 is 2.12 bits per heavy atom. The molecule has 3 aromatic rings. The molecule has 0 aliphatic carbocycles. The number of carboxylic acid groups (broad SMARTS) is 1. The second-order valence-electron chi connectivity index (χ2n) is 7.43. The van der Waals surface area contributed by atoms with Crippen LogP contribution in [0.1, 0.15) is 29.0 Å². The molecule has 3 rings (SSSR count). The Balaban J connectivity index is 1.54. The Hall–Kier alpha value is -4.33. The van der Waals surface area contributed by atoms with E-state index in [0.29, 0.717) is 29.4 Å². The van der Waals surface area contributed by atoms with Gasteiger partial charge in [-0.3, -0.25) is 9.59 Å². The van der Waals surface area contributed by atoms with Gasteiger partial charge in [-0.15, -0.1) is 0 Å². The van der Waals surface area contributed by atoms with E-state index in [1.54, 1.807) is 24.3 Å². The highest BCUT2D eigenvalue weighted by molar-refractivity contribution is 6.01. The van der Waals surface area contributed by atoms with Crippen LogP contribution < -0.4 is 15.2 Å². The first kappa shape index (κ1) is 24.3. The maximum atomic E-state index is 11.6. The van der Waals surface area contributed by atoms with Crippen LogP contribution in [0.15, 0.2) is 84.0 Å². The molecule has 0 heterocycles. The SMILES string of the molecule is CON=C(COc1ccc(COc2ccc(C(CC(=O)O)C(N)=O)cc2)cc1)c1ccccc1. The van der Waals surface area contributed by atoms with Crippen molar-refractivity contribution in [1.82, 2.24) is 0 Å². The van der Waals surface area contributed by atoms with Gasteiger partial charge in [0.05, 0.1) is 12.3 Å². The van der Waals surface area contributed by atoms with Gasteiger partial charge in [0.2, 0.25) is 5.91 Å². The van der Waals surface area contributed by atoms with Gasteiger partial charge in [-0.2, -0.15) is 0 Å². The molecule has 0 bridgehead atoms. The minimum atomic E-state index is -1.08. The molecule has 176 valence electrons. The van der Waals surface area contributed by atoms with E-state index in [4.69, 9.17) is 25.2 Å². The number of rotatable bonds is 12. The molecule has 0 spiro atoms. The Kier molecular flexibility index (Phi) is 8.62. The molecule has 0 aliphatic heterocycles. The zero-order valence-corrected chi connectivity index (χ0v) is 18.7. The van der Waals surface area contributed by atoms with Crippen molar-refractivity contribution in [3.63, 3.8) is 0 Å². The lowest BCUT2D eigenvalue weighted by Crippen LogP contribution is -2.23. The first-order valence-corrected chi connectivity index (χ1v) is 10.6. The first-order chi connectivity index (χ1) is 16.5. The molecule has 0 aromatic heterocycles. The molecule has 0 fully saturated rings. The van der Waals surface area contributed by atoms with Gasteiger partial charge in [0, 0.05) is 5.56 Å². The van der Waals surface area contributed by atoms with Crippen LogP contribution >= 0.6 is 0 Å². The number of hydrogen-bond acceptors (Lipinski definition) is 6. The Bertz CT molecular complexity index is 1110. The van der Waals surface area contributed by atoms with Gasteiger partial charge < -0.3 is 25.2 Å². The van der Waals surface area contributed by atoms with Gasteiger partial charge >= 0.3 is 5.97 Å². The Morgan fingerprint density at radius 2 is 1.53 bits per heavy atom. The molecule has 3 aromatic carbocycles. The third-order valence-electron chi connectivity index (χ3n) is 5.02. The average molecular weight is 463 g/mol. The molecule has 0 radical (unpaired) electrons. The van der Waals surface area contributed by atoms with E-state index in [1.807, 2.05) is 54.6 Å². The quantitative estimate of drug-likeness (QED) is 0.312. The summed E-state index contributed by atoms with van der Waals surface area (Å²) in [7, 11) is 1.50. The van der Waals surface area contributed by atoms with Crippen LogP contribution in [0.2, 0.25) is 0 Å². The molecule has 0 saturated carbocycles. The molecule has 0 aliphatic rings. The van der Waals surface area contributed by atoms with Crippen molar-refractivity contribution in [2.75, 3.05) is 13.7 Å². The number of carbonyl (C=O) groups excluding carboxylic acids is 1. The summed E-state index contributed by atoms with van der Waals surface area (Å²) in [5.41, 5.74) is 8.41. The summed E-state index contributed by atoms with van der Waals surface area (Å²) in [4.78, 5) is 27.4. The van der Waals surface area contributed by atoms with E-state index < -0.39 is 17.8 Å². The summed E-state index contributed by atoms with van der Waals surface area (Å²) < 4.78 is 11.6. The highest BCUT2D eigenvalue weighted by Crippen LogP contribution is 2.23. The maximum Gasteiger partial charge on any atom is 0.304 e. The number of nitrogens with two attached hydrogens (primary N) is 1. The van der Waals surface area contributed by atoms with E-state index in [2.05, 4.69) is 5.16 Å². The lowest BCUT2D eigenvalue weighted by Gasteiger charge is -2.13. The second kappa shape index (κ2) is 12.1. The smallest absolute Gasteiger partial charge is 0.304 e. The number of carbonyl (C=O) groups is 2. The maximum absolute atomic E-state index is 11.6. The van der Waals surface area contributed by atoms with E-state index in [1.165, 1.54) is 7.11 Å². The number of carboxylic acids is 1. The Labute approximate surface area is 197 Å². The van der Waals surface area contributed by atoms with Crippen LogP contribution in [0.25, 0.3) is 0 Å². The topological polar surface area (TPSA) is 120 Å². The fourth-order valence-corrected chi connectivity index (χ4v) is 3.26. The number of benzene rings is 3. The monoisotopic (exact) mass is 462 g/mol. The number of ether oxygens (including phenoxy) is 2. The zero-order valence-electron chi connectivity index (χ0n) is 18.7. The summed E-state index contributed by atoms with van der Waals surface area (Å²) in [6.07, 6.45) is -0.353. The van der Waals surface area contributed by atoms with Crippen molar-refractivity contribution in [1.29, 1.82) is 0 Å². The third kappa shape index (κ3) is 7.09. The predicted molar refractivity (Wildman–Crippen MR) is 127 cm³/mol. The normalized spacial score (nSPS) is 12.0. The highest BCUT2D eigenvalue weighted by Gasteiger charge is 2.21. The van der Waals surface area contributed by atoms with Gasteiger partial charge in [-0.05, 0) is 35.4 Å². The van der Waals surface area contributed by atoms with Gasteiger partial charge in [0.1, 0.15) is 37.5 Å². The van der Waals surface area contributed by atoms with Crippen molar-refractivity contribution < 1.29 is 29.0 Å². The van der Waals surface area contributed by atoms with Crippen LogP contribution in [-0.4, -0.2) is 36.4 Å². The molecule has 34 heavy (non-hydrogen) atoms. The number of hydrogen-bond donors (Lipinski definition) is 2. The zero-order chi connectivity index (χ0) is 24.3. The van der Waals surface area contributed by atoms with Gasteiger partial charge in [0.25, 0.3) is 0 Å². The summed E-state index contributed by atoms with van der Waals surface area (Å²) in [6, 6.07) is 23.8. The summed E-state index contributed by atoms with van der Waals surface area (Å²) >= 11 is 0. The van der Waals surface area contributed by atoms with Crippen LogP contribution in [0.5, 0.6) is 11.5 Å². The lowest BCUT2D eigenvalue weighted by atomic mass is 9.95. The molecule has 8 heteroatoms. The lowest BCUT2D eigenvalue weighted by molar-refractivity contribution is -0.139. The Morgan fingerprint density at radius 1 is 0.912 bits per heavy atom. The van der Waals surface area contributed by atoms with E-state index in [9.17, 15) is 9.59 Å². The van der Waals surface area contributed by atoms with Crippen LogP contribution in [0.4, 0.5) is 0 Å². The minimum Gasteiger partial charge on any atom is -0.489 e. The minimum absolute atomic E-state index is 0.258.